The molecule has 0 atom stereocenters. The molecule has 0 aliphatic rings. The molecule has 4 aromatic carbocycles. The van der Waals surface area contributed by atoms with Gasteiger partial charge in [-0.1, -0.05) is 47.0 Å². The Kier molecular flexibility index (Phi) is 7.63. The van der Waals surface area contributed by atoms with Gasteiger partial charge < -0.3 is 0 Å². The van der Waals surface area contributed by atoms with Gasteiger partial charge in [0, 0.05) is 16.3 Å². The van der Waals surface area contributed by atoms with Gasteiger partial charge in [0.1, 0.15) is 5.84 Å². The lowest BCUT2D eigenvalue weighted by Crippen LogP contribution is -2.28. The van der Waals surface area contributed by atoms with Crippen LogP contribution in [-0.2, 0) is 0 Å². The third-order valence-electron chi connectivity index (χ3n) is 5.76. The van der Waals surface area contributed by atoms with Gasteiger partial charge in [-0.3, -0.25) is 35.2 Å². The highest BCUT2D eigenvalue weighted by atomic mass is 35.5. The summed E-state index contributed by atoms with van der Waals surface area (Å²) in [4.78, 5) is 39.3. The first-order valence-corrected chi connectivity index (χ1v) is 11.8. The predicted molar refractivity (Wildman–Crippen MR) is 149 cm³/mol. The molecular weight excluding hydrogens is 526 g/mol. The maximum Gasteiger partial charge on any atom is 0.307 e. The summed E-state index contributed by atoms with van der Waals surface area (Å²) < 4.78 is 0. The van der Waals surface area contributed by atoms with Gasteiger partial charge in [0.25, 0.3) is 5.69 Å². The highest BCUT2D eigenvalue weighted by Gasteiger charge is 2.37. The van der Waals surface area contributed by atoms with E-state index in [-0.39, 0.29) is 5.84 Å². The number of nitrogens with zero attached hydrogens (tertiary/aromatic N) is 5. The van der Waals surface area contributed by atoms with Crippen molar-refractivity contribution in [1.82, 2.24) is 0 Å². The van der Waals surface area contributed by atoms with Gasteiger partial charge >= 0.3 is 11.4 Å². The Labute approximate surface area is 227 Å². The van der Waals surface area contributed by atoms with E-state index in [1.54, 1.807) is 60.7 Å². The number of aliphatic imine (C=N–C) groups is 1. The zero-order valence-electron chi connectivity index (χ0n) is 20.6. The first-order valence-electron chi connectivity index (χ1n) is 11.4. The van der Waals surface area contributed by atoms with E-state index >= 15 is 0 Å². The van der Waals surface area contributed by atoms with Gasteiger partial charge in [-0.05, 0) is 62.4 Å². The number of hydrogen-bond acceptors (Lipinski definition) is 7. The molecule has 0 saturated heterocycles. The average Bonchev–Trinajstić information content (AvgIpc) is 2.90. The standard InChI is InChI=1S/C27H20ClN5O6/c1-17-3-11-21(12-4-17)29-27(19-7-9-20(28)10-8-19)30(22-13-5-18(2)6-14-22)26-24(32(36)37)15-23(31(34)35)16-25(26)33(38)39/h3-16H,1-2H3. The van der Waals surface area contributed by atoms with Gasteiger partial charge in [0.05, 0.1) is 32.6 Å². The van der Waals surface area contributed by atoms with E-state index in [1.807, 2.05) is 26.0 Å². The van der Waals surface area contributed by atoms with Crippen molar-refractivity contribution in [1.29, 1.82) is 0 Å². The lowest BCUT2D eigenvalue weighted by Gasteiger charge is -2.26. The van der Waals surface area contributed by atoms with Gasteiger partial charge in [-0.15, -0.1) is 0 Å². The number of non-ortho nitro benzene ring substituents is 1. The fourth-order valence-electron chi connectivity index (χ4n) is 3.84. The number of anilines is 2. The van der Waals surface area contributed by atoms with E-state index < -0.39 is 37.5 Å². The minimum absolute atomic E-state index is 0.0967. The Balaban J connectivity index is 2.15. The van der Waals surface area contributed by atoms with Crippen LogP contribution in [0.25, 0.3) is 0 Å². The summed E-state index contributed by atoms with van der Waals surface area (Å²) in [6.07, 6.45) is 0. The molecule has 0 amide bonds. The van der Waals surface area contributed by atoms with Crippen molar-refractivity contribution < 1.29 is 14.8 Å². The number of nitro groups is 3. The predicted octanol–water partition coefficient (Wildman–Crippen LogP) is 7.60. The molecule has 0 saturated carbocycles. The van der Waals surface area contributed by atoms with Crippen molar-refractivity contribution >= 4 is 51.6 Å². The lowest BCUT2D eigenvalue weighted by molar-refractivity contribution is -0.402. The Hall–Kier alpha value is -5.16. The first-order chi connectivity index (χ1) is 18.5. The number of benzene rings is 4. The Morgan fingerprint density at radius 3 is 1.67 bits per heavy atom. The molecular formula is C27H20ClN5O6. The molecule has 0 unspecified atom stereocenters. The van der Waals surface area contributed by atoms with Crippen LogP contribution >= 0.6 is 11.6 Å². The fourth-order valence-corrected chi connectivity index (χ4v) is 3.96. The van der Waals surface area contributed by atoms with Crippen LogP contribution < -0.4 is 4.90 Å². The van der Waals surface area contributed by atoms with Crippen molar-refractivity contribution in [2.24, 2.45) is 4.99 Å². The highest BCUT2D eigenvalue weighted by Crippen LogP contribution is 2.45. The van der Waals surface area contributed by atoms with Crippen LogP contribution in [0.4, 0.5) is 34.1 Å². The zero-order chi connectivity index (χ0) is 28.3. The van der Waals surface area contributed by atoms with E-state index in [9.17, 15) is 30.3 Å². The summed E-state index contributed by atoms with van der Waals surface area (Å²) in [5, 5.41) is 36.4. The summed E-state index contributed by atoms with van der Waals surface area (Å²) >= 11 is 6.11. The molecule has 0 heterocycles. The molecule has 4 aromatic rings. The molecule has 196 valence electrons. The third-order valence-corrected chi connectivity index (χ3v) is 6.01. The molecule has 0 bridgehead atoms. The van der Waals surface area contributed by atoms with Gasteiger partial charge in [0.2, 0.25) is 5.69 Å². The lowest BCUT2D eigenvalue weighted by atomic mass is 10.1. The Bertz CT molecular complexity index is 1570. The minimum atomic E-state index is -0.916. The van der Waals surface area contributed by atoms with E-state index in [0.29, 0.717) is 34.1 Å². The Morgan fingerprint density at radius 1 is 0.718 bits per heavy atom. The molecule has 11 nitrogen and oxygen atoms in total. The van der Waals surface area contributed by atoms with Crippen LogP contribution in [0.15, 0.2) is 89.9 Å². The van der Waals surface area contributed by atoms with Crippen molar-refractivity contribution in [3.8, 4) is 0 Å². The third kappa shape index (κ3) is 5.89. The molecule has 39 heavy (non-hydrogen) atoms. The SMILES string of the molecule is Cc1ccc(N=C(c2ccc(Cl)cc2)N(c2ccc(C)cc2)c2c([N+](=O)[O-])cc([N+](=O)[O-])cc2[N+](=O)[O-])cc1. The average molecular weight is 546 g/mol. The van der Waals surface area contributed by atoms with Crippen LogP contribution in [-0.4, -0.2) is 20.6 Å². The van der Waals surface area contributed by atoms with E-state index in [4.69, 9.17) is 16.6 Å². The van der Waals surface area contributed by atoms with Gasteiger partial charge in [0.15, 0.2) is 0 Å². The number of amidine groups is 1. The molecule has 0 spiro atoms. The van der Waals surface area contributed by atoms with Crippen LogP contribution in [0, 0.1) is 44.2 Å². The maximum atomic E-state index is 12.2. The van der Waals surface area contributed by atoms with E-state index in [2.05, 4.69) is 0 Å². The molecule has 0 N–H and O–H groups in total. The normalized spacial score (nSPS) is 11.2. The smallest absolute Gasteiger partial charge is 0.282 e. The molecule has 0 radical (unpaired) electrons. The summed E-state index contributed by atoms with van der Waals surface area (Å²) in [6.45, 7) is 3.74. The second-order valence-corrected chi connectivity index (χ2v) is 8.99. The first kappa shape index (κ1) is 26.9. The topological polar surface area (TPSA) is 145 Å². The Morgan fingerprint density at radius 2 is 1.21 bits per heavy atom. The van der Waals surface area contributed by atoms with Crippen molar-refractivity contribution in [3.05, 3.63) is 137 Å². The van der Waals surface area contributed by atoms with Crippen LogP contribution in [0.2, 0.25) is 5.02 Å². The largest absolute Gasteiger partial charge is 0.307 e. The highest BCUT2D eigenvalue weighted by molar-refractivity contribution is 6.30. The van der Waals surface area contributed by atoms with Crippen molar-refractivity contribution in [2.75, 3.05) is 4.90 Å². The molecule has 12 heteroatoms. The quantitative estimate of drug-likeness (QED) is 0.100. The summed E-state index contributed by atoms with van der Waals surface area (Å²) in [7, 11) is 0. The van der Waals surface area contributed by atoms with Crippen molar-refractivity contribution in [2.45, 2.75) is 13.8 Å². The zero-order valence-corrected chi connectivity index (χ0v) is 21.4. The van der Waals surface area contributed by atoms with Gasteiger partial charge in [-0.2, -0.15) is 0 Å². The molecule has 0 aliphatic heterocycles. The molecule has 0 aromatic heterocycles. The molecule has 0 aliphatic carbocycles. The minimum Gasteiger partial charge on any atom is -0.282 e. The summed E-state index contributed by atoms with van der Waals surface area (Å²) in [6, 6.07) is 21.7. The van der Waals surface area contributed by atoms with Crippen molar-refractivity contribution in [3.63, 3.8) is 0 Å². The summed E-state index contributed by atoms with van der Waals surface area (Å²) in [5.41, 5.74) is 0.113. The van der Waals surface area contributed by atoms with Crippen LogP contribution in [0.1, 0.15) is 16.7 Å². The fraction of sp³-hybridized carbons (Fsp3) is 0.0741. The van der Waals surface area contributed by atoms with E-state index in [0.717, 1.165) is 11.1 Å². The second-order valence-electron chi connectivity index (χ2n) is 8.55. The van der Waals surface area contributed by atoms with Crippen LogP contribution in [0.5, 0.6) is 0 Å². The number of rotatable bonds is 7. The van der Waals surface area contributed by atoms with Crippen LogP contribution in [0.3, 0.4) is 0 Å². The summed E-state index contributed by atoms with van der Waals surface area (Å²) in [5.74, 6) is 0.0967. The second kappa shape index (κ2) is 11.1. The van der Waals surface area contributed by atoms with E-state index in [1.165, 1.54) is 4.90 Å². The van der Waals surface area contributed by atoms with Gasteiger partial charge in [-0.25, -0.2) is 4.99 Å². The number of nitro benzene ring substituents is 3. The maximum absolute atomic E-state index is 12.2. The number of hydrogen-bond donors (Lipinski definition) is 0. The molecule has 0 fully saturated rings. The number of aryl methyl sites for hydroxylation is 2. The molecule has 4 rings (SSSR count). The monoisotopic (exact) mass is 545 g/mol. The number of halogens is 1.